The van der Waals surface area contributed by atoms with Gasteiger partial charge in [-0.05, 0) is 12.0 Å². The van der Waals surface area contributed by atoms with Gasteiger partial charge in [0.2, 0.25) is 0 Å². The number of aliphatic hydroxyl groups is 1. The Balaban J connectivity index is 2.08. The summed E-state index contributed by atoms with van der Waals surface area (Å²) in [7, 11) is 0. The summed E-state index contributed by atoms with van der Waals surface area (Å²) in [6.45, 7) is 0.695. The molecule has 1 aliphatic rings. The number of amides is 1. The van der Waals surface area contributed by atoms with Gasteiger partial charge >= 0.3 is 6.09 Å². The Hall–Kier alpha value is -1.55. The fourth-order valence-electron chi connectivity index (χ4n) is 2.19. The van der Waals surface area contributed by atoms with Crippen molar-refractivity contribution in [2.45, 2.75) is 18.4 Å². The van der Waals surface area contributed by atoms with E-state index in [4.69, 9.17) is 5.11 Å². The first kappa shape index (κ1) is 11.0. The molecule has 0 radical (unpaired) electrons. The normalized spacial score (nSPS) is 25.4. The molecule has 4 heteroatoms. The molecule has 0 bridgehead atoms. The minimum atomic E-state index is -0.953. The number of hydrogen-bond acceptors (Lipinski definition) is 2. The van der Waals surface area contributed by atoms with Crippen LogP contribution >= 0.6 is 0 Å². The van der Waals surface area contributed by atoms with E-state index < -0.39 is 12.2 Å². The summed E-state index contributed by atoms with van der Waals surface area (Å²) in [6, 6.07) is 9.76. The molecular weight excluding hydrogens is 206 g/mol. The predicted octanol–water partition coefficient (Wildman–Crippen LogP) is 1.51. The molecule has 1 saturated heterocycles. The Morgan fingerprint density at radius 3 is 2.56 bits per heavy atom. The zero-order chi connectivity index (χ0) is 11.5. The van der Waals surface area contributed by atoms with Gasteiger partial charge in [0.1, 0.15) is 0 Å². The van der Waals surface area contributed by atoms with E-state index in [1.165, 1.54) is 4.90 Å². The summed E-state index contributed by atoms with van der Waals surface area (Å²) < 4.78 is 0. The number of nitrogens with zero attached hydrogens (tertiary/aromatic N) is 1. The number of piperidine rings is 1. The van der Waals surface area contributed by atoms with Crippen molar-refractivity contribution in [3.63, 3.8) is 0 Å². The van der Waals surface area contributed by atoms with Crippen molar-refractivity contribution >= 4 is 6.09 Å². The van der Waals surface area contributed by atoms with Crippen molar-refractivity contribution in [1.29, 1.82) is 0 Å². The molecule has 1 fully saturated rings. The Bertz CT molecular complexity index is 366. The number of benzene rings is 1. The van der Waals surface area contributed by atoms with Crippen LogP contribution in [-0.4, -0.2) is 40.4 Å². The van der Waals surface area contributed by atoms with E-state index in [1.807, 2.05) is 30.3 Å². The molecule has 1 aromatic carbocycles. The van der Waals surface area contributed by atoms with Crippen LogP contribution < -0.4 is 0 Å². The van der Waals surface area contributed by atoms with Gasteiger partial charge in [-0.15, -0.1) is 0 Å². The Morgan fingerprint density at radius 2 is 2.00 bits per heavy atom. The van der Waals surface area contributed by atoms with Gasteiger partial charge in [0.25, 0.3) is 0 Å². The lowest BCUT2D eigenvalue weighted by atomic mass is 9.87. The second-order valence-electron chi connectivity index (χ2n) is 4.10. The van der Waals surface area contributed by atoms with Crippen molar-refractivity contribution in [2.24, 2.45) is 0 Å². The van der Waals surface area contributed by atoms with Crippen LogP contribution in [0.25, 0.3) is 0 Å². The first-order chi connectivity index (χ1) is 7.68. The maximum absolute atomic E-state index is 10.8. The molecule has 2 rings (SSSR count). The van der Waals surface area contributed by atoms with Gasteiger partial charge < -0.3 is 15.1 Å². The number of likely N-dealkylation sites (tertiary alicyclic amines) is 1. The zero-order valence-electron chi connectivity index (χ0n) is 8.91. The van der Waals surface area contributed by atoms with Crippen molar-refractivity contribution in [2.75, 3.05) is 13.1 Å². The molecule has 0 aliphatic carbocycles. The molecule has 1 amide bonds. The Labute approximate surface area is 94.1 Å². The van der Waals surface area contributed by atoms with Crippen molar-refractivity contribution in [1.82, 2.24) is 4.90 Å². The molecule has 2 atom stereocenters. The van der Waals surface area contributed by atoms with Gasteiger partial charge in [0, 0.05) is 12.5 Å². The average Bonchev–Trinajstić information content (AvgIpc) is 2.30. The van der Waals surface area contributed by atoms with E-state index >= 15 is 0 Å². The minimum Gasteiger partial charge on any atom is -0.465 e. The van der Waals surface area contributed by atoms with Crippen molar-refractivity contribution in [3.8, 4) is 0 Å². The first-order valence-corrected chi connectivity index (χ1v) is 5.39. The number of carbonyl (C=O) groups is 1. The maximum atomic E-state index is 10.8. The SMILES string of the molecule is O=C(O)N1CC[C@@H](c2ccccc2)[C@H](O)C1. The van der Waals surface area contributed by atoms with Crippen LogP contribution in [0.2, 0.25) is 0 Å². The summed E-state index contributed by atoms with van der Waals surface area (Å²) >= 11 is 0. The topological polar surface area (TPSA) is 60.8 Å². The van der Waals surface area contributed by atoms with Gasteiger partial charge in [-0.2, -0.15) is 0 Å². The molecule has 16 heavy (non-hydrogen) atoms. The van der Waals surface area contributed by atoms with Crippen molar-refractivity contribution < 1.29 is 15.0 Å². The van der Waals surface area contributed by atoms with E-state index in [0.29, 0.717) is 13.0 Å². The molecular formula is C12H15NO3. The van der Waals surface area contributed by atoms with Gasteiger partial charge in [-0.3, -0.25) is 0 Å². The Morgan fingerprint density at radius 1 is 1.31 bits per heavy atom. The second-order valence-corrected chi connectivity index (χ2v) is 4.10. The highest BCUT2D eigenvalue weighted by Gasteiger charge is 2.30. The molecule has 0 aromatic heterocycles. The smallest absolute Gasteiger partial charge is 0.407 e. The highest BCUT2D eigenvalue weighted by Crippen LogP contribution is 2.28. The van der Waals surface area contributed by atoms with Crippen LogP contribution in [-0.2, 0) is 0 Å². The van der Waals surface area contributed by atoms with Crippen LogP contribution in [0.5, 0.6) is 0 Å². The fourth-order valence-corrected chi connectivity index (χ4v) is 2.19. The first-order valence-electron chi connectivity index (χ1n) is 5.39. The number of rotatable bonds is 1. The van der Waals surface area contributed by atoms with Crippen LogP contribution in [0.3, 0.4) is 0 Å². The molecule has 4 nitrogen and oxygen atoms in total. The van der Waals surface area contributed by atoms with Crippen LogP contribution in [0.4, 0.5) is 4.79 Å². The minimum absolute atomic E-state index is 0.0526. The average molecular weight is 221 g/mol. The third-order valence-corrected chi connectivity index (χ3v) is 3.08. The van der Waals surface area contributed by atoms with Crippen molar-refractivity contribution in [3.05, 3.63) is 35.9 Å². The van der Waals surface area contributed by atoms with Gasteiger partial charge in [-0.25, -0.2) is 4.79 Å². The number of β-amino-alcohol motifs (C(OH)–C–C–N with tert-alkyl or cyclic N) is 1. The van der Waals surface area contributed by atoms with E-state index in [1.54, 1.807) is 0 Å². The fraction of sp³-hybridized carbons (Fsp3) is 0.417. The second kappa shape index (κ2) is 4.53. The molecule has 2 N–H and O–H groups in total. The maximum Gasteiger partial charge on any atom is 0.407 e. The predicted molar refractivity (Wildman–Crippen MR) is 59.4 cm³/mol. The van der Waals surface area contributed by atoms with E-state index in [-0.39, 0.29) is 12.5 Å². The number of aliphatic hydroxyl groups excluding tert-OH is 1. The lowest BCUT2D eigenvalue weighted by molar-refractivity contribution is 0.0504. The van der Waals surface area contributed by atoms with Crippen LogP contribution in [0.15, 0.2) is 30.3 Å². The molecule has 0 spiro atoms. The van der Waals surface area contributed by atoms with Gasteiger partial charge in [-0.1, -0.05) is 30.3 Å². The lowest BCUT2D eigenvalue weighted by Crippen LogP contribution is -2.45. The summed E-state index contributed by atoms with van der Waals surface area (Å²) in [5.41, 5.74) is 1.08. The number of hydrogen-bond donors (Lipinski definition) is 2. The molecule has 0 unspecified atom stereocenters. The number of carboxylic acid groups (broad SMARTS) is 1. The molecule has 86 valence electrons. The highest BCUT2D eigenvalue weighted by atomic mass is 16.4. The zero-order valence-corrected chi connectivity index (χ0v) is 8.91. The molecule has 1 aliphatic heterocycles. The van der Waals surface area contributed by atoms with E-state index in [2.05, 4.69) is 0 Å². The Kier molecular flexibility index (Phi) is 3.10. The molecule has 1 aromatic rings. The standard InChI is InChI=1S/C12H15NO3/c14-11-8-13(12(15)16)7-6-10(11)9-4-2-1-3-5-9/h1-5,10-11,14H,6-8H2,(H,15,16)/t10-,11+/m0/s1. The van der Waals surface area contributed by atoms with Gasteiger partial charge in [0.05, 0.1) is 12.6 Å². The summed E-state index contributed by atoms with van der Waals surface area (Å²) in [4.78, 5) is 12.0. The third kappa shape index (κ3) is 2.17. The quantitative estimate of drug-likeness (QED) is 0.755. The highest BCUT2D eigenvalue weighted by molar-refractivity contribution is 5.65. The third-order valence-electron chi connectivity index (χ3n) is 3.08. The van der Waals surface area contributed by atoms with Crippen LogP contribution in [0.1, 0.15) is 17.9 Å². The van der Waals surface area contributed by atoms with Gasteiger partial charge in [0.15, 0.2) is 0 Å². The van der Waals surface area contributed by atoms with Crippen LogP contribution in [0, 0.1) is 0 Å². The largest absolute Gasteiger partial charge is 0.465 e. The lowest BCUT2D eigenvalue weighted by Gasteiger charge is -2.34. The van der Waals surface area contributed by atoms with E-state index in [9.17, 15) is 9.90 Å². The summed E-state index contributed by atoms with van der Waals surface area (Å²) in [6.07, 6.45) is -0.880. The summed E-state index contributed by atoms with van der Waals surface area (Å²) in [5.74, 6) is 0.0526. The summed E-state index contributed by atoms with van der Waals surface area (Å²) in [5, 5.41) is 18.8. The molecule has 1 heterocycles. The van der Waals surface area contributed by atoms with E-state index in [0.717, 1.165) is 5.56 Å². The monoisotopic (exact) mass is 221 g/mol. The molecule has 0 saturated carbocycles.